The molecule has 0 saturated carbocycles. The first kappa shape index (κ1) is 14.6. The molecule has 0 aliphatic rings. The largest absolute Gasteiger partial charge is 0.494 e. The Bertz CT molecular complexity index is 861. The van der Waals surface area contributed by atoms with Crippen molar-refractivity contribution in [2.75, 3.05) is 7.11 Å². The van der Waals surface area contributed by atoms with Crippen LogP contribution in [0.2, 0.25) is 0 Å². The van der Waals surface area contributed by atoms with Gasteiger partial charge in [-0.25, -0.2) is 4.99 Å². The highest BCUT2D eigenvalue weighted by atomic mass is 32.1. The maximum atomic E-state index is 5.40. The first-order valence-electron chi connectivity index (χ1n) is 7.11. The van der Waals surface area contributed by atoms with Crippen LogP contribution in [0.15, 0.2) is 58.9 Å². The molecule has 0 unspecified atom stereocenters. The van der Waals surface area contributed by atoms with Crippen molar-refractivity contribution in [1.29, 1.82) is 0 Å². The zero-order chi connectivity index (χ0) is 15.5. The molecule has 0 atom stereocenters. The van der Waals surface area contributed by atoms with E-state index in [1.54, 1.807) is 18.4 Å². The number of aromatic nitrogens is 1. The van der Waals surface area contributed by atoms with E-state index in [1.165, 1.54) is 11.3 Å². The predicted molar refractivity (Wildman–Crippen MR) is 91.3 cm³/mol. The zero-order valence-electron chi connectivity index (χ0n) is 12.9. The lowest BCUT2D eigenvalue weighted by molar-refractivity contribution is 0.416. The van der Waals surface area contributed by atoms with Crippen molar-refractivity contribution < 1.29 is 4.74 Å². The fourth-order valence-electron chi connectivity index (χ4n) is 2.40. The molecule has 4 heteroatoms. The quantitative estimate of drug-likeness (QED) is 0.704. The number of hydrogen-bond donors (Lipinski definition) is 0. The van der Waals surface area contributed by atoms with Gasteiger partial charge in [0.05, 0.1) is 12.8 Å². The molecule has 112 valence electrons. The number of benzene rings is 2. The molecule has 0 aliphatic carbocycles. The van der Waals surface area contributed by atoms with Crippen LogP contribution in [-0.4, -0.2) is 11.7 Å². The third kappa shape index (κ3) is 2.70. The standard InChI is InChI=1S/C18H18N2OS/c1-13-8-4-6-10-16(13)20-14(2)12-22-18(20)19-15-9-5-7-11-17(15)21-3/h4-12H,1-3H3. The molecule has 22 heavy (non-hydrogen) atoms. The molecule has 1 heterocycles. The third-order valence-corrected chi connectivity index (χ3v) is 4.48. The number of methoxy groups -OCH3 is 1. The van der Waals surface area contributed by atoms with E-state index in [9.17, 15) is 0 Å². The van der Waals surface area contributed by atoms with Crippen LogP contribution in [-0.2, 0) is 0 Å². The lowest BCUT2D eigenvalue weighted by Crippen LogP contribution is -2.14. The minimum absolute atomic E-state index is 0.782. The van der Waals surface area contributed by atoms with Crippen molar-refractivity contribution in [2.45, 2.75) is 13.8 Å². The molecule has 0 spiro atoms. The van der Waals surface area contributed by atoms with Gasteiger partial charge in [-0.1, -0.05) is 30.3 Å². The van der Waals surface area contributed by atoms with Gasteiger partial charge >= 0.3 is 0 Å². The number of aryl methyl sites for hydroxylation is 2. The summed E-state index contributed by atoms with van der Waals surface area (Å²) in [5.41, 5.74) is 4.41. The Balaban J connectivity index is 2.22. The SMILES string of the molecule is COc1ccccc1N=c1scc(C)n1-c1ccccc1C. The predicted octanol–water partition coefficient (Wildman–Crippen LogP) is 4.40. The maximum absolute atomic E-state index is 5.40. The van der Waals surface area contributed by atoms with Crippen molar-refractivity contribution in [3.05, 3.63) is 70.0 Å². The molecule has 3 aromatic rings. The number of nitrogens with zero attached hydrogens (tertiary/aromatic N) is 2. The Labute approximate surface area is 134 Å². The van der Waals surface area contributed by atoms with Gasteiger partial charge in [-0.3, -0.25) is 4.57 Å². The number of rotatable bonds is 3. The van der Waals surface area contributed by atoms with E-state index >= 15 is 0 Å². The first-order chi connectivity index (χ1) is 10.7. The van der Waals surface area contributed by atoms with E-state index in [0.717, 1.165) is 21.9 Å². The van der Waals surface area contributed by atoms with Crippen molar-refractivity contribution in [2.24, 2.45) is 4.99 Å². The van der Waals surface area contributed by atoms with Crippen LogP contribution in [0.5, 0.6) is 5.75 Å². The van der Waals surface area contributed by atoms with Gasteiger partial charge in [0, 0.05) is 11.1 Å². The number of ether oxygens (including phenoxy) is 1. The van der Waals surface area contributed by atoms with E-state index in [2.05, 4.69) is 48.1 Å². The molecule has 0 fully saturated rings. The second kappa shape index (κ2) is 6.20. The Hall–Kier alpha value is -2.33. The van der Waals surface area contributed by atoms with Crippen molar-refractivity contribution >= 4 is 17.0 Å². The highest BCUT2D eigenvalue weighted by Gasteiger charge is 2.07. The molecule has 3 rings (SSSR count). The molecule has 0 aliphatic heterocycles. The highest BCUT2D eigenvalue weighted by Crippen LogP contribution is 2.26. The van der Waals surface area contributed by atoms with Gasteiger partial charge in [-0.2, -0.15) is 0 Å². The number of hydrogen-bond acceptors (Lipinski definition) is 3. The second-order valence-corrected chi connectivity index (χ2v) is 5.90. The minimum Gasteiger partial charge on any atom is -0.494 e. The number of para-hydroxylation sites is 3. The summed E-state index contributed by atoms with van der Waals surface area (Å²) in [5, 5.41) is 2.13. The van der Waals surface area contributed by atoms with Crippen molar-refractivity contribution in [3.8, 4) is 11.4 Å². The van der Waals surface area contributed by atoms with Crippen LogP contribution < -0.4 is 9.54 Å². The lowest BCUT2D eigenvalue weighted by atomic mass is 10.2. The third-order valence-electron chi connectivity index (χ3n) is 3.54. The Morgan fingerprint density at radius 2 is 1.73 bits per heavy atom. The normalized spacial score (nSPS) is 11.7. The van der Waals surface area contributed by atoms with Crippen LogP contribution in [0.25, 0.3) is 5.69 Å². The lowest BCUT2D eigenvalue weighted by Gasteiger charge is -2.09. The van der Waals surface area contributed by atoms with Gasteiger partial charge in [-0.05, 0) is 37.6 Å². The minimum atomic E-state index is 0.782. The second-order valence-electron chi connectivity index (χ2n) is 5.07. The Morgan fingerprint density at radius 1 is 1.00 bits per heavy atom. The van der Waals surface area contributed by atoms with Gasteiger partial charge in [-0.15, -0.1) is 11.3 Å². The monoisotopic (exact) mass is 310 g/mol. The van der Waals surface area contributed by atoms with Crippen LogP contribution in [0, 0.1) is 13.8 Å². The first-order valence-corrected chi connectivity index (χ1v) is 7.99. The summed E-state index contributed by atoms with van der Waals surface area (Å²) in [6.45, 7) is 4.22. The van der Waals surface area contributed by atoms with E-state index in [1.807, 2.05) is 24.3 Å². The molecule has 0 saturated heterocycles. The molecule has 0 bridgehead atoms. The van der Waals surface area contributed by atoms with Gasteiger partial charge in [0.15, 0.2) is 4.80 Å². The molecule has 0 amide bonds. The summed E-state index contributed by atoms with van der Waals surface area (Å²) in [7, 11) is 1.67. The van der Waals surface area contributed by atoms with Crippen molar-refractivity contribution in [1.82, 2.24) is 4.57 Å². The summed E-state index contributed by atoms with van der Waals surface area (Å²) in [6, 6.07) is 16.2. The number of thiazole rings is 1. The van der Waals surface area contributed by atoms with Gasteiger partial charge in [0.1, 0.15) is 11.4 Å². The molecule has 1 aromatic heterocycles. The fraction of sp³-hybridized carbons (Fsp3) is 0.167. The Morgan fingerprint density at radius 3 is 2.50 bits per heavy atom. The van der Waals surface area contributed by atoms with Crippen LogP contribution in [0.4, 0.5) is 5.69 Å². The summed E-state index contributed by atoms with van der Waals surface area (Å²) in [5.74, 6) is 0.782. The molecule has 0 radical (unpaired) electrons. The smallest absolute Gasteiger partial charge is 0.194 e. The fourth-order valence-corrected chi connectivity index (χ4v) is 3.28. The van der Waals surface area contributed by atoms with Gasteiger partial charge < -0.3 is 4.74 Å². The topological polar surface area (TPSA) is 26.5 Å². The summed E-state index contributed by atoms with van der Waals surface area (Å²) < 4.78 is 7.58. The summed E-state index contributed by atoms with van der Waals surface area (Å²) in [6.07, 6.45) is 0. The van der Waals surface area contributed by atoms with E-state index < -0.39 is 0 Å². The highest BCUT2D eigenvalue weighted by molar-refractivity contribution is 7.07. The molecule has 3 nitrogen and oxygen atoms in total. The average Bonchev–Trinajstić information content (AvgIpc) is 2.89. The van der Waals surface area contributed by atoms with Gasteiger partial charge in [0.2, 0.25) is 0 Å². The summed E-state index contributed by atoms with van der Waals surface area (Å²) in [4.78, 5) is 5.75. The van der Waals surface area contributed by atoms with Crippen LogP contribution in [0.1, 0.15) is 11.3 Å². The molecule has 2 aromatic carbocycles. The van der Waals surface area contributed by atoms with Gasteiger partial charge in [0.25, 0.3) is 0 Å². The molecular weight excluding hydrogens is 292 g/mol. The van der Waals surface area contributed by atoms with Crippen LogP contribution >= 0.6 is 11.3 Å². The maximum Gasteiger partial charge on any atom is 0.194 e. The molecule has 0 N–H and O–H groups in total. The van der Waals surface area contributed by atoms with E-state index in [-0.39, 0.29) is 0 Å². The molecular formula is C18H18N2OS. The van der Waals surface area contributed by atoms with Crippen LogP contribution in [0.3, 0.4) is 0 Å². The van der Waals surface area contributed by atoms with E-state index in [4.69, 9.17) is 9.73 Å². The Kier molecular flexibility index (Phi) is 4.11. The zero-order valence-corrected chi connectivity index (χ0v) is 13.7. The summed E-state index contributed by atoms with van der Waals surface area (Å²) >= 11 is 1.63. The van der Waals surface area contributed by atoms with E-state index in [0.29, 0.717) is 0 Å². The average molecular weight is 310 g/mol. The van der Waals surface area contributed by atoms with Crippen molar-refractivity contribution in [3.63, 3.8) is 0 Å².